The topological polar surface area (TPSA) is 105 Å². The molecule has 0 aliphatic heterocycles. The van der Waals surface area contributed by atoms with E-state index in [0.717, 1.165) is 0 Å². The van der Waals surface area contributed by atoms with Crippen molar-refractivity contribution in [2.45, 2.75) is 27.7 Å². The van der Waals surface area contributed by atoms with Crippen molar-refractivity contribution in [1.82, 2.24) is 0 Å². The van der Waals surface area contributed by atoms with Gasteiger partial charge in [-0.3, -0.25) is 0 Å². The molecule has 0 saturated carbocycles. The van der Waals surface area contributed by atoms with E-state index >= 15 is 4.39 Å². The molecule has 3 aromatic carbocycles. The van der Waals surface area contributed by atoms with Crippen LogP contribution in [-0.2, 0) is 19.2 Å². The lowest BCUT2D eigenvalue weighted by atomic mass is 9.99. The maximum absolute atomic E-state index is 15.7. The Bertz CT molecular complexity index is 1700. The third kappa shape index (κ3) is 7.80. The number of hydrogen-bond acceptors (Lipinski definition) is 8. The molecular formula is C34H29FO8. The van der Waals surface area contributed by atoms with Crippen molar-refractivity contribution < 1.29 is 42.5 Å². The first-order valence-electron chi connectivity index (χ1n) is 12.8. The molecule has 0 radical (unpaired) electrons. The molecule has 0 heterocycles. The van der Waals surface area contributed by atoms with Gasteiger partial charge in [0.2, 0.25) is 5.75 Å². The molecule has 43 heavy (non-hydrogen) atoms. The van der Waals surface area contributed by atoms with Gasteiger partial charge >= 0.3 is 23.9 Å². The van der Waals surface area contributed by atoms with Crippen molar-refractivity contribution in [2.24, 2.45) is 0 Å². The molecule has 0 aliphatic rings. The van der Waals surface area contributed by atoms with Crippen LogP contribution in [0.4, 0.5) is 4.39 Å². The van der Waals surface area contributed by atoms with Gasteiger partial charge in [-0.05, 0) is 68.7 Å². The molecule has 0 unspecified atom stereocenters. The van der Waals surface area contributed by atoms with Crippen molar-refractivity contribution in [3.05, 3.63) is 109 Å². The SMILES string of the molecule is C=C(C)C(=O)Oc1ccc(-c2ccc(-c3ccc(OC(=O)C(=C)C)c(OC(=O)C(=C)C)c3F)cc2)cc1OC(=O)C(=C)C. The molecule has 220 valence electrons. The Morgan fingerprint density at radius 1 is 0.512 bits per heavy atom. The highest BCUT2D eigenvalue weighted by Gasteiger charge is 2.23. The second-order valence-electron chi connectivity index (χ2n) is 9.67. The summed E-state index contributed by atoms with van der Waals surface area (Å²) in [6.45, 7) is 19.9. The quantitative estimate of drug-likeness (QED) is 0.141. The molecule has 9 heteroatoms. The van der Waals surface area contributed by atoms with Crippen LogP contribution in [0.1, 0.15) is 27.7 Å². The molecule has 0 fully saturated rings. The van der Waals surface area contributed by atoms with Crippen molar-refractivity contribution in [3.8, 4) is 45.3 Å². The van der Waals surface area contributed by atoms with Crippen LogP contribution in [0.25, 0.3) is 22.3 Å². The Morgan fingerprint density at radius 2 is 0.907 bits per heavy atom. The maximum atomic E-state index is 15.7. The zero-order chi connectivity index (χ0) is 32.0. The van der Waals surface area contributed by atoms with Crippen molar-refractivity contribution in [1.29, 1.82) is 0 Å². The van der Waals surface area contributed by atoms with E-state index in [1.165, 1.54) is 52.0 Å². The average Bonchev–Trinajstić information content (AvgIpc) is 2.95. The minimum absolute atomic E-state index is 0.00863. The van der Waals surface area contributed by atoms with Gasteiger partial charge in [0, 0.05) is 27.9 Å². The second kappa shape index (κ2) is 13.4. The Kier molecular flexibility index (Phi) is 9.95. The largest absolute Gasteiger partial charge is 0.419 e. The van der Waals surface area contributed by atoms with Crippen LogP contribution in [-0.4, -0.2) is 23.9 Å². The first-order valence-corrected chi connectivity index (χ1v) is 12.8. The third-order valence-electron chi connectivity index (χ3n) is 5.73. The van der Waals surface area contributed by atoms with Crippen LogP contribution in [0.3, 0.4) is 0 Å². The Labute approximate surface area is 248 Å². The molecule has 0 saturated heterocycles. The van der Waals surface area contributed by atoms with Gasteiger partial charge in [-0.15, -0.1) is 0 Å². The van der Waals surface area contributed by atoms with E-state index in [1.807, 2.05) is 0 Å². The van der Waals surface area contributed by atoms with Crippen LogP contribution < -0.4 is 18.9 Å². The average molecular weight is 585 g/mol. The normalized spacial score (nSPS) is 10.3. The van der Waals surface area contributed by atoms with Crippen molar-refractivity contribution in [2.75, 3.05) is 0 Å². The molecule has 0 aliphatic carbocycles. The van der Waals surface area contributed by atoms with E-state index in [1.54, 1.807) is 30.3 Å². The number of esters is 4. The van der Waals surface area contributed by atoms with Gasteiger partial charge in [0.15, 0.2) is 23.1 Å². The summed E-state index contributed by atoms with van der Waals surface area (Å²) in [6, 6.07) is 13.9. The number of ether oxygens (including phenoxy) is 4. The van der Waals surface area contributed by atoms with E-state index in [4.69, 9.17) is 18.9 Å². The summed E-state index contributed by atoms with van der Waals surface area (Å²) in [4.78, 5) is 48.6. The molecular weight excluding hydrogens is 555 g/mol. The minimum Gasteiger partial charge on any atom is -0.419 e. The number of carbonyl (C=O) groups is 4. The summed E-state index contributed by atoms with van der Waals surface area (Å²) in [7, 11) is 0. The molecule has 0 aromatic heterocycles. The van der Waals surface area contributed by atoms with Crippen molar-refractivity contribution in [3.63, 3.8) is 0 Å². The number of rotatable bonds is 10. The van der Waals surface area contributed by atoms with E-state index < -0.39 is 35.4 Å². The van der Waals surface area contributed by atoms with Gasteiger partial charge in [0.05, 0.1) is 0 Å². The van der Waals surface area contributed by atoms with Crippen LogP contribution >= 0.6 is 0 Å². The van der Waals surface area contributed by atoms with E-state index in [2.05, 4.69) is 26.3 Å². The monoisotopic (exact) mass is 584 g/mol. The highest BCUT2D eigenvalue weighted by molar-refractivity contribution is 5.92. The van der Waals surface area contributed by atoms with Crippen LogP contribution in [0.5, 0.6) is 23.0 Å². The van der Waals surface area contributed by atoms with Gasteiger partial charge in [-0.1, -0.05) is 56.6 Å². The van der Waals surface area contributed by atoms with Crippen LogP contribution in [0.2, 0.25) is 0 Å². The van der Waals surface area contributed by atoms with E-state index in [0.29, 0.717) is 16.7 Å². The highest BCUT2D eigenvalue weighted by Crippen LogP contribution is 2.39. The lowest BCUT2D eigenvalue weighted by Gasteiger charge is -2.15. The lowest BCUT2D eigenvalue weighted by Crippen LogP contribution is -2.14. The Morgan fingerprint density at radius 3 is 1.42 bits per heavy atom. The number of carbonyl (C=O) groups excluding carboxylic acids is 4. The fraction of sp³-hybridized carbons (Fsp3) is 0.118. The van der Waals surface area contributed by atoms with Gasteiger partial charge in [0.25, 0.3) is 0 Å². The zero-order valence-corrected chi connectivity index (χ0v) is 24.2. The summed E-state index contributed by atoms with van der Waals surface area (Å²) in [6.07, 6.45) is 0. The summed E-state index contributed by atoms with van der Waals surface area (Å²) < 4.78 is 36.8. The van der Waals surface area contributed by atoms with Gasteiger partial charge in [-0.2, -0.15) is 0 Å². The molecule has 0 N–H and O–H groups in total. The molecule has 0 amide bonds. The molecule has 8 nitrogen and oxygen atoms in total. The molecule has 0 bridgehead atoms. The molecule has 3 rings (SSSR count). The smallest absolute Gasteiger partial charge is 0.338 e. The molecule has 0 atom stereocenters. The van der Waals surface area contributed by atoms with E-state index in [9.17, 15) is 19.2 Å². The summed E-state index contributed by atoms with van der Waals surface area (Å²) in [5, 5.41) is 0. The highest BCUT2D eigenvalue weighted by atomic mass is 19.1. The van der Waals surface area contributed by atoms with Gasteiger partial charge in [-0.25, -0.2) is 23.6 Å². The van der Waals surface area contributed by atoms with Crippen molar-refractivity contribution >= 4 is 23.9 Å². The van der Waals surface area contributed by atoms with Crippen LogP contribution in [0.15, 0.2) is 103 Å². The second-order valence-corrected chi connectivity index (χ2v) is 9.67. The molecule has 3 aromatic rings. The van der Waals surface area contributed by atoms with E-state index in [-0.39, 0.29) is 45.1 Å². The number of halogens is 1. The number of hydrogen-bond donors (Lipinski definition) is 0. The Balaban J connectivity index is 2.02. The predicted octanol–water partition coefficient (Wildman–Crippen LogP) is 7.09. The first kappa shape index (κ1) is 32.0. The maximum Gasteiger partial charge on any atom is 0.338 e. The lowest BCUT2D eigenvalue weighted by molar-refractivity contribution is -0.132. The van der Waals surface area contributed by atoms with Gasteiger partial charge < -0.3 is 18.9 Å². The molecule has 0 spiro atoms. The standard InChI is InChI=1S/C34H29FO8/c1-18(2)31(36)40-26-15-13-24(17-28(26)42-33(38)20(5)6)22-9-11-23(12-10-22)25-14-16-27(41-32(37)19(3)4)30(29(25)35)43-34(39)21(7)8/h9-17H,1,3,5,7H2,2,4,6,8H3. The predicted molar refractivity (Wildman–Crippen MR) is 159 cm³/mol. The zero-order valence-electron chi connectivity index (χ0n) is 24.2. The Hall–Kier alpha value is -5.57. The summed E-state index contributed by atoms with van der Waals surface area (Å²) >= 11 is 0. The third-order valence-corrected chi connectivity index (χ3v) is 5.73. The fourth-order valence-corrected chi connectivity index (χ4v) is 3.37. The minimum atomic E-state index is -0.938. The fourth-order valence-electron chi connectivity index (χ4n) is 3.37. The van der Waals surface area contributed by atoms with Crippen LogP contribution in [0, 0.1) is 5.82 Å². The summed E-state index contributed by atoms with van der Waals surface area (Å²) in [5.41, 5.74) is 2.08. The summed E-state index contributed by atoms with van der Waals surface area (Å²) in [5.74, 6) is -4.95. The first-order chi connectivity index (χ1) is 20.2. The van der Waals surface area contributed by atoms with Gasteiger partial charge in [0.1, 0.15) is 0 Å². The number of benzene rings is 3.